The predicted molar refractivity (Wildman–Crippen MR) is 110 cm³/mol. The first-order valence-electron chi connectivity index (χ1n) is 8.99. The SMILES string of the molecule is CCN(Cc1ccc2c(c1)OCO2)C(=O)Cc1csc(-c2ccccc2Cl)n1. The number of thiazole rings is 1. The summed E-state index contributed by atoms with van der Waals surface area (Å²) >= 11 is 7.75. The van der Waals surface area contributed by atoms with E-state index in [9.17, 15) is 4.79 Å². The van der Waals surface area contributed by atoms with Crippen LogP contribution in [0.3, 0.4) is 0 Å². The third-order valence-electron chi connectivity index (χ3n) is 4.53. The second kappa shape index (κ2) is 8.20. The van der Waals surface area contributed by atoms with Crippen molar-refractivity contribution in [3.63, 3.8) is 0 Å². The number of halogens is 1. The molecule has 2 aromatic carbocycles. The number of carbonyl (C=O) groups is 1. The molecule has 1 aliphatic rings. The number of hydrogen-bond donors (Lipinski definition) is 0. The van der Waals surface area contributed by atoms with E-state index in [4.69, 9.17) is 21.1 Å². The molecule has 0 saturated carbocycles. The van der Waals surface area contributed by atoms with Gasteiger partial charge in [-0.3, -0.25) is 4.79 Å². The summed E-state index contributed by atoms with van der Waals surface area (Å²) in [5.74, 6) is 1.51. The maximum absolute atomic E-state index is 12.8. The number of amides is 1. The van der Waals surface area contributed by atoms with Crippen LogP contribution in [-0.2, 0) is 17.8 Å². The van der Waals surface area contributed by atoms with E-state index in [0.717, 1.165) is 33.3 Å². The topological polar surface area (TPSA) is 51.7 Å². The van der Waals surface area contributed by atoms with Gasteiger partial charge in [0.2, 0.25) is 12.7 Å². The molecule has 7 heteroatoms. The van der Waals surface area contributed by atoms with Crippen LogP contribution in [0.5, 0.6) is 11.5 Å². The number of rotatable bonds is 6. The highest BCUT2D eigenvalue weighted by molar-refractivity contribution is 7.13. The molecule has 28 heavy (non-hydrogen) atoms. The van der Waals surface area contributed by atoms with Crippen molar-refractivity contribution in [3.05, 3.63) is 64.1 Å². The van der Waals surface area contributed by atoms with Crippen molar-refractivity contribution in [1.29, 1.82) is 0 Å². The fourth-order valence-corrected chi connectivity index (χ4v) is 4.19. The molecule has 5 nitrogen and oxygen atoms in total. The molecule has 0 aliphatic carbocycles. The Hall–Kier alpha value is -2.57. The lowest BCUT2D eigenvalue weighted by Gasteiger charge is -2.20. The monoisotopic (exact) mass is 414 g/mol. The van der Waals surface area contributed by atoms with Gasteiger partial charge in [-0.25, -0.2) is 4.98 Å². The summed E-state index contributed by atoms with van der Waals surface area (Å²) < 4.78 is 10.8. The number of nitrogens with zero attached hydrogens (tertiary/aromatic N) is 2. The summed E-state index contributed by atoms with van der Waals surface area (Å²) in [6.07, 6.45) is 0.263. The number of carbonyl (C=O) groups excluding carboxylic acids is 1. The van der Waals surface area contributed by atoms with Gasteiger partial charge < -0.3 is 14.4 Å². The molecule has 0 N–H and O–H groups in total. The molecule has 3 aromatic rings. The number of likely N-dealkylation sites (N-methyl/N-ethyl adjacent to an activating group) is 1. The summed E-state index contributed by atoms with van der Waals surface area (Å²) in [5.41, 5.74) is 2.66. The number of hydrogen-bond acceptors (Lipinski definition) is 5. The fraction of sp³-hybridized carbons (Fsp3) is 0.238. The average Bonchev–Trinajstić information content (AvgIpc) is 3.35. The lowest BCUT2D eigenvalue weighted by atomic mass is 10.1. The maximum atomic E-state index is 12.8. The van der Waals surface area contributed by atoms with Gasteiger partial charge in [0.05, 0.1) is 17.1 Å². The Bertz CT molecular complexity index is 1000. The standard InChI is InChI=1S/C21H19ClN2O3S/c1-2-24(11-14-7-8-18-19(9-14)27-13-26-18)20(25)10-15-12-28-21(23-15)16-5-3-4-6-17(16)22/h3-9,12H,2,10-11,13H2,1H3. The molecule has 1 aromatic heterocycles. The molecule has 0 atom stereocenters. The van der Waals surface area contributed by atoms with Crippen molar-refractivity contribution in [2.24, 2.45) is 0 Å². The lowest BCUT2D eigenvalue weighted by molar-refractivity contribution is -0.130. The van der Waals surface area contributed by atoms with Gasteiger partial charge in [0.1, 0.15) is 5.01 Å². The van der Waals surface area contributed by atoms with Gasteiger partial charge in [-0.1, -0.05) is 35.9 Å². The molecular weight excluding hydrogens is 396 g/mol. The van der Waals surface area contributed by atoms with Crippen molar-refractivity contribution in [2.75, 3.05) is 13.3 Å². The third-order valence-corrected chi connectivity index (χ3v) is 5.79. The van der Waals surface area contributed by atoms with E-state index < -0.39 is 0 Å². The Morgan fingerprint density at radius 2 is 2.04 bits per heavy atom. The summed E-state index contributed by atoms with van der Waals surface area (Å²) in [7, 11) is 0. The molecule has 0 saturated heterocycles. The zero-order valence-electron chi connectivity index (χ0n) is 15.4. The van der Waals surface area contributed by atoms with Gasteiger partial charge >= 0.3 is 0 Å². The molecule has 0 spiro atoms. The molecule has 2 heterocycles. The summed E-state index contributed by atoms with van der Waals surface area (Å²) in [4.78, 5) is 19.2. The summed E-state index contributed by atoms with van der Waals surface area (Å²) in [6.45, 7) is 3.36. The molecular formula is C21H19ClN2O3S. The Labute approximate surface area is 172 Å². The normalized spacial score (nSPS) is 12.2. The first-order valence-corrected chi connectivity index (χ1v) is 10.3. The van der Waals surface area contributed by atoms with Crippen LogP contribution in [0.25, 0.3) is 10.6 Å². The second-order valence-electron chi connectivity index (χ2n) is 6.40. The Kier molecular flexibility index (Phi) is 5.50. The highest BCUT2D eigenvalue weighted by atomic mass is 35.5. The minimum Gasteiger partial charge on any atom is -0.454 e. The van der Waals surface area contributed by atoms with E-state index in [-0.39, 0.29) is 19.1 Å². The van der Waals surface area contributed by atoms with Crippen molar-refractivity contribution in [1.82, 2.24) is 9.88 Å². The average molecular weight is 415 g/mol. The molecule has 0 unspecified atom stereocenters. The van der Waals surface area contributed by atoms with Gasteiger partial charge in [0, 0.05) is 24.0 Å². The molecule has 0 radical (unpaired) electrons. The quantitative estimate of drug-likeness (QED) is 0.582. The number of aromatic nitrogens is 1. The van der Waals surface area contributed by atoms with Crippen LogP contribution in [0.4, 0.5) is 0 Å². The summed E-state index contributed by atoms with van der Waals surface area (Å²) in [5, 5.41) is 3.41. The Morgan fingerprint density at radius 3 is 2.86 bits per heavy atom. The van der Waals surface area contributed by atoms with Crippen LogP contribution >= 0.6 is 22.9 Å². The largest absolute Gasteiger partial charge is 0.454 e. The first kappa shape index (κ1) is 18.8. The second-order valence-corrected chi connectivity index (χ2v) is 7.66. The first-order chi connectivity index (χ1) is 13.6. The zero-order valence-corrected chi connectivity index (χ0v) is 16.9. The molecule has 0 bridgehead atoms. The summed E-state index contributed by atoms with van der Waals surface area (Å²) in [6, 6.07) is 13.4. The molecule has 144 valence electrons. The van der Waals surface area contributed by atoms with E-state index in [1.54, 1.807) is 0 Å². The highest BCUT2D eigenvalue weighted by Gasteiger charge is 2.18. The van der Waals surface area contributed by atoms with E-state index >= 15 is 0 Å². The zero-order chi connectivity index (χ0) is 19.5. The Balaban J connectivity index is 1.44. The maximum Gasteiger partial charge on any atom is 0.231 e. The van der Waals surface area contributed by atoms with Gasteiger partial charge in [-0.2, -0.15) is 0 Å². The van der Waals surface area contributed by atoms with Gasteiger partial charge in [-0.05, 0) is 30.7 Å². The number of ether oxygens (including phenoxy) is 2. The van der Waals surface area contributed by atoms with Crippen LogP contribution in [0.2, 0.25) is 5.02 Å². The third kappa shape index (κ3) is 3.98. The number of benzene rings is 2. The molecule has 1 aliphatic heterocycles. The van der Waals surface area contributed by atoms with E-state index in [0.29, 0.717) is 18.1 Å². The van der Waals surface area contributed by atoms with Crippen molar-refractivity contribution in [2.45, 2.75) is 19.9 Å². The van der Waals surface area contributed by atoms with E-state index in [1.807, 2.05) is 59.7 Å². The van der Waals surface area contributed by atoms with Crippen LogP contribution < -0.4 is 9.47 Å². The van der Waals surface area contributed by atoms with E-state index in [2.05, 4.69) is 4.98 Å². The highest BCUT2D eigenvalue weighted by Crippen LogP contribution is 2.33. The van der Waals surface area contributed by atoms with Crippen LogP contribution in [0.15, 0.2) is 47.8 Å². The van der Waals surface area contributed by atoms with Crippen molar-refractivity contribution >= 4 is 28.8 Å². The van der Waals surface area contributed by atoms with Crippen LogP contribution in [0, 0.1) is 0 Å². The molecule has 1 amide bonds. The van der Waals surface area contributed by atoms with Crippen LogP contribution in [-0.4, -0.2) is 29.1 Å². The van der Waals surface area contributed by atoms with Gasteiger partial charge in [0.25, 0.3) is 0 Å². The van der Waals surface area contributed by atoms with Gasteiger partial charge in [-0.15, -0.1) is 11.3 Å². The molecule has 4 rings (SSSR count). The van der Waals surface area contributed by atoms with Crippen molar-refractivity contribution < 1.29 is 14.3 Å². The fourth-order valence-electron chi connectivity index (χ4n) is 3.05. The minimum absolute atomic E-state index is 0.0381. The van der Waals surface area contributed by atoms with Crippen molar-refractivity contribution in [3.8, 4) is 22.1 Å². The predicted octanol–water partition coefficient (Wildman–Crippen LogP) is 4.78. The minimum atomic E-state index is 0.0381. The van der Waals surface area contributed by atoms with E-state index in [1.165, 1.54) is 11.3 Å². The van der Waals surface area contributed by atoms with Crippen LogP contribution in [0.1, 0.15) is 18.2 Å². The number of fused-ring (bicyclic) bond motifs is 1. The Morgan fingerprint density at radius 1 is 1.21 bits per heavy atom. The molecule has 0 fully saturated rings. The lowest BCUT2D eigenvalue weighted by Crippen LogP contribution is -2.31. The van der Waals surface area contributed by atoms with Gasteiger partial charge in [0.15, 0.2) is 11.5 Å². The smallest absolute Gasteiger partial charge is 0.231 e.